The average Bonchev–Trinajstić information content (AvgIpc) is 3.23. The SMILES string of the molecule is CCC(NC(=O)CNc1cccc(OCC2CCCO2)c1)c1ccccc1. The smallest absolute Gasteiger partial charge is 0.239 e. The number of nitrogens with one attached hydrogen (secondary N) is 2. The first-order chi connectivity index (χ1) is 13.2. The number of carbonyl (C=O) groups is 1. The fourth-order valence-electron chi connectivity index (χ4n) is 3.19. The molecule has 2 aromatic carbocycles. The maximum absolute atomic E-state index is 12.3. The molecule has 0 radical (unpaired) electrons. The minimum absolute atomic E-state index is 0.0292. The van der Waals surface area contributed by atoms with E-state index in [1.807, 2.05) is 54.6 Å². The molecule has 0 spiro atoms. The van der Waals surface area contributed by atoms with Gasteiger partial charge < -0.3 is 20.1 Å². The molecular formula is C22H28N2O3. The Morgan fingerprint density at radius 1 is 1.22 bits per heavy atom. The Balaban J connectivity index is 1.47. The molecule has 1 aliphatic rings. The quantitative estimate of drug-likeness (QED) is 0.704. The maximum Gasteiger partial charge on any atom is 0.239 e. The second-order valence-electron chi connectivity index (χ2n) is 6.77. The van der Waals surface area contributed by atoms with E-state index in [4.69, 9.17) is 9.47 Å². The third-order valence-corrected chi connectivity index (χ3v) is 4.69. The van der Waals surface area contributed by atoms with Crippen LogP contribution in [0.1, 0.15) is 37.8 Å². The van der Waals surface area contributed by atoms with Crippen molar-refractivity contribution >= 4 is 11.6 Å². The van der Waals surface area contributed by atoms with E-state index >= 15 is 0 Å². The largest absolute Gasteiger partial charge is 0.491 e. The average molecular weight is 368 g/mol. The zero-order valence-electron chi connectivity index (χ0n) is 15.8. The molecule has 2 atom stereocenters. The Morgan fingerprint density at radius 2 is 2.07 bits per heavy atom. The lowest BCUT2D eigenvalue weighted by Crippen LogP contribution is -2.33. The van der Waals surface area contributed by atoms with E-state index in [2.05, 4.69) is 17.6 Å². The van der Waals surface area contributed by atoms with Crippen LogP contribution in [0.4, 0.5) is 5.69 Å². The normalized spacial score (nSPS) is 17.3. The van der Waals surface area contributed by atoms with Crippen molar-refractivity contribution in [2.75, 3.05) is 25.1 Å². The van der Waals surface area contributed by atoms with Gasteiger partial charge in [0, 0.05) is 18.4 Å². The molecule has 5 heteroatoms. The monoisotopic (exact) mass is 368 g/mol. The third-order valence-electron chi connectivity index (χ3n) is 4.69. The molecule has 3 rings (SSSR count). The van der Waals surface area contributed by atoms with Crippen LogP contribution >= 0.6 is 0 Å². The lowest BCUT2D eigenvalue weighted by molar-refractivity contribution is -0.120. The minimum atomic E-state index is -0.0311. The van der Waals surface area contributed by atoms with E-state index in [1.165, 1.54) is 0 Å². The molecule has 0 saturated carbocycles. The summed E-state index contributed by atoms with van der Waals surface area (Å²) in [4.78, 5) is 12.3. The van der Waals surface area contributed by atoms with Gasteiger partial charge in [0.1, 0.15) is 12.4 Å². The van der Waals surface area contributed by atoms with E-state index in [1.54, 1.807) is 0 Å². The van der Waals surface area contributed by atoms with Crippen molar-refractivity contribution in [1.29, 1.82) is 0 Å². The molecule has 1 saturated heterocycles. The van der Waals surface area contributed by atoms with Crippen molar-refractivity contribution in [1.82, 2.24) is 5.32 Å². The first-order valence-electron chi connectivity index (χ1n) is 9.67. The van der Waals surface area contributed by atoms with Gasteiger partial charge in [-0.15, -0.1) is 0 Å². The molecule has 1 fully saturated rings. The van der Waals surface area contributed by atoms with Gasteiger partial charge in [-0.3, -0.25) is 4.79 Å². The van der Waals surface area contributed by atoms with Crippen LogP contribution in [0.3, 0.4) is 0 Å². The number of benzene rings is 2. The predicted molar refractivity (Wildman–Crippen MR) is 107 cm³/mol. The number of amides is 1. The minimum Gasteiger partial charge on any atom is -0.491 e. The Kier molecular flexibility index (Phi) is 7.11. The van der Waals surface area contributed by atoms with Gasteiger partial charge in [0.2, 0.25) is 5.91 Å². The van der Waals surface area contributed by atoms with Crippen LogP contribution in [-0.4, -0.2) is 31.8 Å². The Labute approximate surface area is 161 Å². The summed E-state index contributed by atoms with van der Waals surface area (Å²) >= 11 is 0. The van der Waals surface area contributed by atoms with Crippen LogP contribution in [0, 0.1) is 0 Å². The summed E-state index contributed by atoms with van der Waals surface area (Å²) in [5.74, 6) is 0.753. The molecule has 0 aromatic heterocycles. The van der Waals surface area contributed by atoms with Crippen LogP contribution in [-0.2, 0) is 9.53 Å². The fraction of sp³-hybridized carbons (Fsp3) is 0.409. The van der Waals surface area contributed by atoms with Gasteiger partial charge in [0.25, 0.3) is 0 Å². The number of hydrogen-bond donors (Lipinski definition) is 2. The number of anilines is 1. The first kappa shape index (κ1) is 19.2. The fourth-order valence-corrected chi connectivity index (χ4v) is 3.19. The summed E-state index contributed by atoms with van der Waals surface area (Å²) in [7, 11) is 0. The van der Waals surface area contributed by atoms with Crippen LogP contribution in [0.5, 0.6) is 5.75 Å². The second-order valence-corrected chi connectivity index (χ2v) is 6.77. The predicted octanol–water partition coefficient (Wildman–Crippen LogP) is 3.92. The molecule has 27 heavy (non-hydrogen) atoms. The first-order valence-corrected chi connectivity index (χ1v) is 9.67. The summed E-state index contributed by atoms with van der Waals surface area (Å²) in [5, 5.41) is 6.25. The van der Waals surface area contributed by atoms with Crippen molar-refractivity contribution in [2.24, 2.45) is 0 Å². The molecule has 2 unspecified atom stereocenters. The van der Waals surface area contributed by atoms with Gasteiger partial charge in [-0.2, -0.15) is 0 Å². The maximum atomic E-state index is 12.3. The van der Waals surface area contributed by atoms with Crippen molar-refractivity contribution in [3.05, 3.63) is 60.2 Å². The number of carbonyl (C=O) groups excluding carboxylic acids is 1. The lowest BCUT2D eigenvalue weighted by atomic mass is 10.0. The third kappa shape index (κ3) is 6.00. The van der Waals surface area contributed by atoms with Crippen LogP contribution in [0.2, 0.25) is 0 Å². The molecule has 0 aliphatic carbocycles. The Hall–Kier alpha value is -2.53. The van der Waals surface area contributed by atoms with Crippen molar-refractivity contribution in [3.8, 4) is 5.75 Å². The zero-order chi connectivity index (χ0) is 18.9. The molecule has 2 aromatic rings. The molecule has 1 aliphatic heterocycles. The highest BCUT2D eigenvalue weighted by atomic mass is 16.5. The van der Waals surface area contributed by atoms with Gasteiger partial charge in [-0.1, -0.05) is 43.3 Å². The highest BCUT2D eigenvalue weighted by Gasteiger charge is 2.16. The molecule has 0 bridgehead atoms. The number of rotatable bonds is 9. The topological polar surface area (TPSA) is 59.6 Å². The lowest BCUT2D eigenvalue weighted by Gasteiger charge is -2.18. The van der Waals surface area contributed by atoms with Crippen molar-refractivity contribution in [3.63, 3.8) is 0 Å². The molecular weight excluding hydrogens is 340 g/mol. The van der Waals surface area contributed by atoms with Crippen LogP contribution in [0.15, 0.2) is 54.6 Å². The van der Waals surface area contributed by atoms with Crippen LogP contribution < -0.4 is 15.4 Å². The molecule has 1 heterocycles. The highest BCUT2D eigenvalue weighted by molar-refractivity contribution is 5.81. The summed E-state index contributed by atoms with van der Waals surface area (Å²) in [6.07, 6.45) is 3.20. The number of ether oxygens (including phenoxy) is 2. The van der Waals surface area contributed by atoms with Crippen molar-refractivity contribution < 1.29 is 14.3 Å². The Bertz CT molecular complexity index is 715. The van der Waals surface area contributed by atoms with E-state index in [9.17, 15) is 4.79 Å². The van der Waals surface area contributed by atoms with E-state index in [0.29, 0.717) is 6.61 Å². The number of hydrogen-bond acceptors (Lipinski definition) is 4. The van der Waals surface area contributed by atoms with Gasteiger partial charge >= 0.3 is 0 Å². The molecule has 144 valence electrons. The molecule has 1 amide bonds. The summed E-state index contributed by atoms with van der Waals surface area (Å²) in [5.41, 5.74) is 1.99. The van der Waals surface area contributed by atoms with E-state index < -0.39 is 0 Å². The van der Waals surface area contributed by atoms with Gasteiger partial charge in [-0.25, -0.2) is 0 Å². The van der Waals surface area contributed by atoms with Gasteiger partial charge in [-0.05, 0) is 37.0 Å². The molecule has 2 N–H and O–H groups in total. The zero-order valence-corrected chi connectivity index (χ0v) is 15.8. The van der Waals surface area contributed by atoms with E-state index in [-0.39, 0.29) is 24.6 Å². The second kappa shape index (κ2) is 9.97. The molecule has 5 nitrogen and oxygen atoms in total. The van der Waals surface area contributed by atoms with E-state index in [0.717, 1.165) is 42.9 Å². The van der Waals surface area contributed by atoms with Crippen LogP contribution in [0.25, 0.3) is 0 Å². The summed E-state index contributed by atoms with van der Waals surface area (Å²) < 4.78 is 11.4. The standard InChI is InChI=1S/C22H28N2O3/c1-2-21(17-8-4-3-5-9-17)24-22(25)15-23-18-10-6-11-19(14-18)27-16-20-12-7-13-26-20/h3-6,8-11,14,20-21,23H,2,7,12-13,15-16H2,1H3,(H,24,25). The summed E-state index contributed by atoms with van der Waals surface area (Å²) in [6.45, 7) is 3.68. The summed E-state index contributed by atoms with van der Waals surface area (Å²) in [6, 6.07) is 17.8. The highest BCUT2D eigenvalue weighted by Crippen LogP contribution is 2.20. The van der Waals surface area contributed by atoms with Gasteiger partial charge in [0.05, 0.1) is 18.7 Å². The Morgan fingerprint density at radius 3 is 2.81 bits per heavy atom. The van der Waals surface area contributed by atoms with Gasteiger partial charge in [0.15, 0.2) is 0 Å². The van der Waals surface area contributed by atoms with Crippen molar-refractivity contribution in [2.45, 2.75) is 38.3 Å².